The van der Waals surface area contributed by atoms with Crippen LogP contribution in [0.4, 0.5) is 0 Å². The van der Waals surface area contributed by atoms with Gasteiger partial charge in [0.15, 0.2) is 0 Å². The van der Waals surface area contributed by atoms with E-state index >= 15 is 0 Å². The van der Waals surface area contributed by atoms with Gasteiger partial charge in [0.25, 0.3) is 0 Å². The summed E-state index contributed by atoms with van der Waals surface area (Å²) < 4.78 is 10.1. The number of carbonyl (C=O) groups is 2. The summed E-state index contributed by atoms with van der Waals surface area (Å²) in [5, 5.41) is 1.89. The van der Waals surface area contributed by atoms with E-state index < -0.39 is 5.97 Å². The molecule has 0 spiro atoms. The third kappa shape index (κ3) is 4.00. The van der Waals surface area contributed by atoms with Gasteiger partial charge < -0.3 is 9.47 Å². The number of hydrogen-bond donors (Lipinski definition) is 0. The SMILES string of the molecule is COC(=O)c1ccc(COC(=O)c2sccc2-c2ccc(C)cc2)cc1. The van der Waals surface area contributed by atoms with Crippen LogP contribution in [0.3, 0.4) is 0 Å². The molecule has 26 heavy (non-hydrogen) atoms. The van der Waals surface area contributed by atoms with Crippen LogP contribution in [-0.4, -0.2) is 19.0 Å². The third-order valence-electron chi connectivity index (χ3n) is 3.96. The van der Waals surface area contributed by atoms with Gasteiger partial charge in [-0.05, 0) is 41.6 Å². The van der Waals surface area contributed by atoms with Crippen LogP contribution in [0.2, 0.25) is 0 Å². The normalized spacial score (nSPS) is 10.4. The lowest BCUT2D eigenvalue weighted by molar-refractivity contribution is 0.0478. The highest BCUT2D eigenvalue weighted by Crippen LogP contribution is 2.29. The van der Waals surface area contributed by atoms with Crippen LogP contribution in [0.1, 0.15) is 31.2 Å². The van der Waals surface area contributed by atoms with Crippen LogP contribution in [0.25, 0.3) is 11.1 Å². The van der Waals surface area contributed by atoms with Crippen LogP contribution in [0.15, 0.2) is 60.0 Å². The average molecular weight is 366 g/mol. The van der Waals surface area contributed by atoms with Gasteiger partial charge in [0.2, 0.25) is 0 Å². The summed E-state index contributed by atoms with van der Waals surface area (Å²) in [5.74, 6) is -0.748. The predicted octanol–water partition coefficient (Wildman–Crippen LogP) is 4.87. The topological polar surface area (TPSA) is 52.6 Å². The highest BCUT2D eigenvalue weighted by Gasteiger charge is 2.16. The molecule has 5 heteroatoms. The largest absolute Gasteiger partial charge is 0.465 e. The van der Waals surface area contributed by atoms with E-state index in [1.54, 1.807) is 24.3 Å². The predicted molar refractivity (Wildman–Crippen MR) is 101 cm³/mol. The van der Waals surface area contributed by atoms with E-state index in [-0.39, 0.29) is 12.6 Å². The van der Waals surface area contributed by atoms with Crippen LogP contribution in [0, 0.1) is 6.92 Å². The fourth-order valence-corrected chi connectivity index (χ4v) is 3.31. The van der Waals surface area contributed by atoms with Crippen LogP contribution in [-0.2, 0) is 16.1 Å². The summed E-state index contributed by atoms with van der Waals surface area (Å²) in [6, 6.07) is 16.8. The van der Waals surface area contributed by atoms with Crippen molar-refractivity contribution in [2.45, 2.75) is 13.5 Å². The van der Waals surface area contributed by atoms with Crippen molar-refractivity contribution in [2.24, 2.45) is 0 Å². The molecule has 0 aliphatic rings. The Morgan fingerprint density at radius 1 is 0.923 bits per heavy atom. The van der Waals surface area contributed by atoms with Crippen LogP contribution < -0.4 is 0 Å². The number of benzene rings is 2. The maximum Gasteiger partial charge on any atom is 0.349 e. The van der Waals surface area contributed by atoms with Crippen molar-refractivity contribution in [1.29, 1.82) is 0 Å². The molecule has 0 N–H and O–H groups in total. The molecule has 3 rings (SSSR count). The van der Waals surface area contributed by atoms with Crippen LogP contribution in [0.5, 0.6) is 0 Å². The first-order valence-corrected chi connectivity index (χ1v) is 8.95. The first-order valence-electron chi connectivity index (χ1n) is 8.07. The zero-order valence-corrected chi connectivity index (χ0v) is 15.3. The minimum absolute atomic E-state index is 0.144. The molecule has 0 saturated carbocycles. The van der Waals surface area contributed by atoms with Crippen molar-refractivity contribution in [3.05, 3.63) is 81.5 Å². The number of esters is 2. The van der Waals surface area contributed by atoms with Crippen molar-refractivity contribution in [3.8, 4) is 11.1 Å². The van der Waals surface area contributed by atoms with Crippen molar-refractivity contribution in [2.75, 3.05) is 7.11 Å². The number of rotatable bonds is 5. The van der Waals surface area contributed by atoms with E-state index in [0.29, 0.717) is 10.4 Å². The number of carbonyl (C=O) groups excluding carboxylic acids is 2. The Kier molecular flexibility index (Phi) is 5.49. The van der Waals surface area contributed by atoms with Crippen molar-refractivity contribution in [1.82, 2.24) is 0 Å². The van der Waals surface area contributed by atoms with Gasteiger partial charge >= 0.3 is 11.9 Å². The number of methoxy groups -OCH3 is 1. The molecule has 0 fully saturated rings. The Labute approximate surface area is 156 Å². The molecule has 4 nitrogen and oxygen atoms in total. The van der Waals surface area contributed by atoms with Gasteiger partial charge in [-0.1, -0.05) is 42.0 Å². The average Bonchev–Trinajstić information content (AvgIpc) is 3.16. The Morgan fingerprint density at radius 3 is 2.27 bits per heavy atom. The molecule has 1 heterocycles. The quantitative estimate of drug-likeness (QED) is 0.605. The molecule has 132 valence electrons. The lowest BCUT2D eigenvalue weighted by Gasteiger charge is -2.07. The fourth-order valence-electron chi connectivity index (χ4n) is 2.50. The number of aryl methyl sites for hydroxylation is 1. The second-order valence-electron chi connectivity index (χ2n) is 5.79. The van der Waals surface area contributed by atoms with Gasteiger partial charge in [0, 0.05) is 5.56 Å². The molecule has 1 aromatic heterocycles. The summed E-state index contributed by atoms with van der Waals surface area (Å²) in [5.41, 5.74) is 4.30. The fraction of sp³-hybridized carbons (Fsp3) is 0.143. The highest BCUT2D eigenvalue weighted by atomic mass is 32.1. The summed E-state index contributed by atoms with van der Waals surface area (Å²) in [6.07, 6.45) is 0. The smallest absolute Gasteiger partial charge is 0.349 e. The van der Waals surface area contributed by atoms with Gasteiger partial charge in [-0.25, -0.2) is 9.59 Å². The first-order chi connectivity index (χ1) is 12.6. The van der Waals surface area contributed by atoms with E-state index in [2.05, 4.69) is 4.74 Å². The van der Waals surface area contributed by atoms with Gasteiger partial charge in [0.1, 0.15) is 11.5 Å². The minimum atomic E-state index is -0.394. The van der Waals surface area contributed by atoms with Gasteiger partial charge in [-0.3, -0.25) is 0 Å². The van der Waals surface area contributed by atoms with Crippen molar-refractivity contribution >= 4 is 23.3 Å². The van der Waals surface area contributed by atoms with Crippen molar-refractivity contribution in [3.63, 3.8) is 0 Å². The van der Waals surface area contributed by atoms with E-state index in [1.807, 2.05) is 42.6 Å². The third-order valence-corrected chi connectivity index (χ3v) is 4.85. The van der Waals surface area contributed by atoms with E-state index in [1.165, 1.54) is 24.0 Å². The number of hydrogen-bond acceptors (Lipinski definition) is 5. The Bertz CT molecular complexity index is 908. The summed E-state index contributed by atoms with van der Waals surface area (Å²) in [6.45, 7) is 2.17. The van der Waals surface area contributed by atoms with Gasteiger partial charge in [0.05, 0.1) is 12.7 Å². The van der Waals surface area contributed by atoms with Crippen LogP contribution >= 0.6 is 11.3 Å². The van der Waals surface area contributed by atoms with Crippen molar-refractivity contribution < 1.29 is 19.1 Å². The molecular formula is C21H18O4S. The molecule has 0 amide bonds. The summed E-state index contributed by atoms with van der Waals surface area (Å²) in [4.78, 5) is 24.5. The Balaban J connectivity index is 1.69. The second kappa shape index (κ2) is 7.97. The summed E-state index contributed by atoms with van der Waals surface area (Å²) >= 11 is 1.37. The minimum Gasteiger partial charge on any atom is -0.465 e. The number of ether oxygens (including phenoxy) is 2. The molecular weight excluding hydrogens is 348 g/mol. The first kappa shape index (κ1) is 17.9. The summed E-state index contributed by atoms with van der Waals surface area (Å²) in [7, 11) is 1.34. The highest BCUT2D eigenvalue weighted by molar-refractivity contribution is 7.12. The monoisotopic (exact) mass is 366 g/mol. The molecule has 0 aliphatic heterocycles. The van der Waals surface area contributed by atoms with E-state index in [4.69, 9.17) is 4.74 Å². The molecule has 0 bridgehead atoms. The van der Waals surface area contributed by atoms with Gasteiger partial charge in [-0.2, -0.15) is 0 Å². The molecule has 0 atom stereocenters. The maximum atomic E-state index is 12.5. The molecule has 2 aromatic carbocycles. The zero-order chi connectivity index (χ0) is 18.5. The number of thiophene rings is 1. The molecule has 0 aliphatic carbocycles. The lowest BCUT2D eigenvalue weighted by Crippen LogP contribution is -2.05. The maximum absolute atomic E-state index is 12.5. The zero-order valence-electron chi connectivity index (χ0n) is 14.5. The van der Waals surface area contributed by atoms with E-state index in [9.17, 15) is 9.59 Å². The molecule has 0 radical (unpaired) electrons. The second-order valence-corrected chi connectivity index (χ2v) is 6.71. The molecule has 0 saturated heterocycles. The Morgan fingerprint density at radius 2 is 1.62 bits per heavy atom. The van der Waals surface area contributed by atoms with Gasteiger partial charge in [-0.15, -0.1) is 11.3 Å². The molecule has 0 unspecified atom stereocenters. The van der Waals surface area contributed by atoms with E-state index in [0.717, 1.165) is 16.7 Å². The molecule has 3 aromatic rings. The standard InChI is InChI=1S/C21H18O4S/c1-14-3-7-16(8-4-14)18-11-12-26-19(18)21(23)25-13-15-5-9-17(10-6-15)20(22)24-2/h3-12H,13H2,1-2H3. The Hall–Kier alpha value is -2.92. The lowest BCUT2D eigenvalue weighted by atomic mass is 10.1.